The number of alkyl halides is 1. The highest BCUT2D eigenvalue weighted by atomic mass is 79.9. The Morgan fingerprint density at radius 2 is 1.67 bits per heavy atom. The van der Waals surface area contributed by atoms with E-state index in [1.165, 1.54) is 5.56 Å². The lowest BCUT2D eigenvalue weighted by atomic mass is 9.97. The van der Waals surface area contributed by atoms with E-state index in [-0.39, 0.29) is 5.78 Å². The van der Waals surface area contributed by atoms with Gasteiger partial charge in [0.05, 0.1) is 4.32 Å². The van der Waals surface area contributed by atoms with Crippen molar-refractivity contribution >= 4 is 21.7 Å². The minimum atomic E-state index is -0.480. The number of hydrogen-bond donors (Lipinski definition) is 0. The highest BCUT2D eigenvalue weighted by Gasteiger charge is 2.24. The molecule has 0 atom stereocenters. The zero-order chi connectivity index (χ0) is 11.6. The van der Waals surface area contributed by atoms with Crippen LogP contribution in [0, 0.1) is 0 Å². The SMILES string of the molecule is CC(C)c1ccc(C(=O)C(C)(C)Br)cc1. The maximum absolute atomic E-state index is 11.9. The highest BCUT2D eigenvalue weighted by molar-refractivity contribution is 9.10. The van der Waals surface area contributed by atoms with Gasteiger partial charge < -0.3 is 0 Å². The maximum Gasteiger partial charge on any atom is 0.178 e. The van der Waals surface area contributed by atoms with Crippen LogP contribution in [0.3, 0.4) is 0 Å². The molecule has 0 amide bonds. The fraction of sp³-hybridized carbons (Fsp3) is 0.462. The van der Waals surface area contributed by atoms with Crippen LogP contribution in [-0.4, -0.2) is 10.1 Å². The molecule has 15 heavy (non-hydrogen) atoms. The molecule has 0 saturated heterocycles. The quantitative estimate of drug-likeness (QED) is 0.594. The predicted molar refractivity (Wildman–Crippen MR) is 67.9 cm³/mol. The maximum atomic E-state index is 11.9. The zero-order valence-corrected chi connectivity index (χ0v) is 11.3. The molecule has 0 aliphatic carbocycles. The Balaban J connectivity index is 2.95. The number of benzene rings is 1. The van der Waals surface area contributed by atoms with Crippen molar-refractivity contribution in [1.29, 1.82) is 0 Å². The summed E-state index contributed by atoms with van der Waals surface area (Å²) in [4.78, 5) is 11.9. The van der Waals surface area contributed by atoms with Crippen molar-refractivity contribution in [2.45, 2.75) is 37.9 Å². The van der Waals surface area contributed by atoms with E-state index in [4.69, 9.17) is 0 Å². The number of Topliss-reactive ketones (excluding diaryl/α,β-unsaturated/α-hetero) is 1. The molecule has 0 bridgehead atoms. The first kappa shape index (κ1) is 12.4. The monoisotopic (exact) mass is 268 g/mol. The summed E-state index contributed by atoms with van der Waals surface area (Å²) in [6, 6.07) is 7.86. The molecule has 0 radical (unpaired) electrons. The first-order valence-electron chi connectivity index (χ1n) is 5.16. The van der Waals surface area contributed by atoms with Gasteiger partial charge in [0.2, 0.25) is 0 Å². The third-order valence-electron chi connectivity index (χ3n) is 2.38. The van der Waals surface area contributed by atoms with Crippen molar-refractivity contribution < 1.29 is 4.79 Å². The summed E-state index contributed by atoms with van der Waals surface area (Å²) in [6.45, 7) is 8.02. The summed E-state index contributed by atoms with van der Waals surface area (Å²) < 4.78 is -0.480. The van der Waals surface area contributed by atoms with Gasteiger partial charge in [0.15, 0.2) is 5.78 Å². The van der Waals surface area contributed by atoms with Gasteiger partial charge in [-0.2, -0.15) is 0 Å². The molecule has 0 fully saturated rings. The molecule has 0 unspecified atom stereocenters. The molecule has 0 spiro atoms. The zero-order valence-electron chi connectivity index (χ0n) is 9.67. The number of ketones is 1. The molecule has 0 aliphatic rings. The van der Waals surface area contributed by atoms with E-state index in [1.54, 1.807) is 0 Å². The van der Waals surface area contributed by atoms with E-state index in [0.717, 1.165) is 5.56 Å². The first-order chi connectivity index (χ1) is 6.82. The Hall–Kier alpha value is -0.630. The molecular formula is C13H17BrO. The number of halogens is 1. The molecule has 0 N–H and O–H groups in total. The lowest BCUT2D eigenvalue weighted by Gasteiger charge is -2.15. The average molecular weight is 269 g/mol. The topological polar surface area (TPSA) is 17.1 Å². The molecule has 1 rings (SSSR count). The summed E-state index contributed by atoms with van der Waals surface area (Å²) in [7, 11) is 0. The van der Waals surface area contributed by atoms with Crippen LogP contribution < -0.4 is 0 Å². The van der Waals surface area contributed by atoms with Gasteiger partial charge >= 0.3 is 0 Å². The summed E-state index contributed by atoms with van der Waals surface area (Å²) in [6.07, 6.45) is 0. The van der Waals surface area contributed by atoms with Gasteiger partial charge in [-0.15, -0.1) is 0 Å². The highest BCUT2D eigenvalue weighted by Crippen LogP contribution is 2.23. The Labute approximate surface area is 100 Å². The fourth-order valence-corrected chi connectivity index (χ4v) is 1.59. The van der Waals surface area contributed by atoms with Crippen molar-refractivity contribution in [2.24, 2.45) is 0 Å². The van der Waals surface area contributed by atoms with Gasteiger partial charge in [-0.1, -0.05) is 54.0 Å². The molecule has 2 heteroatoms. The second-order valence-corrected chi connectivity index (χ2v) is 6.56. The van der Waals surface area contributed by atoms with Crippen LogP contribution >= 0.6 is 15.9 Å². The number of rotatable bonds is 3. The van der Waals surface area contributed by atoms with Crippen molar-refractivity contribution in [1.82, 2.24) is 0 Å². The Kier molecular flexibility index (Phi) is 3.72. The smallest absolute Gasteiger partial charge is 0.178 e. The van der Waals surface area contributed by atoms with E-state index < -0.39 is 4.32 Å². The van der Waals surface area contributed by atoms with Crippen molar-refractivity contribution in [3.05, 3.63) is 35.4 Å². The number of hydrogen-bond acceptors (Lipinski definition) is 1. The molecule has 82 valence electrons. The third-order valence-corrected chi connectivity index (χ3v) is 2.74. The second-order valence-electron chi connectivity index (χ2n) is 4.58. The van der Waals surface area contributed by atoms with Gasteiger partial charge in [-0.05, 0) is 25.3 Å². The van der Waals surface area contributed by atoms with Crippen LogP contribution in [0.1, 0.15) is 49.5 Å². The van der Waals surface area contributed by atoms with Crippen LogP contribution in [0.25, 0.3) is 0 Å². The van der Waals surface area contributed by atoms with E-state index in [9.17, 15) is 4.79 Å². The van der Waals surface area contributed by atoms with E-state index >= 15 is 0 Å². The van der Waals surface area contributed by atoms with Gasteiger partial charge in [0.25, 0.3) is 0 Å². The van der Waals surface area contributed by atoms with Crippen LogP contribution in [0.5, 0.6) is 0 Å². The lowest BCUT2D eigenvalue weighted by molar-refractivity contribution is 0.0961. The predicted octanol–water partition coefficient (Wildman–Crippen LogP) is 4.17. The molecule has 1 aromatic rings. The number of carbonyl (C=O) groups excluding carboxylic acids is 1. The third kappa shape index (κ3) is 3.16. The van der Waals surface area contributed by atoms with Gasteiger partial charge in [0.1, 0.15) is 0 Å². The Morgan fingerprint density at radius 3 is 2.00 bits per heavy atom. The molecule has 0 aliphatic heterocycles. The second kappa shape index (κ2) is 4.48. The summed E-state index contributed by atoms with van der Waals surface area (Å²) in [5.41, 5.74) is 2.03. The molecule has 0 heterocycles. The summed E-state index contributed by atoms with van der Waals surface area (Å²) in [5.74, 6) is 0.629. The van der Waals surface area contributed by atoms with Gasteiger partial charge in [-0.3, -0.25) is 4.79 Å². The number of carbonyl (C=O) groups is 1. The molecule has 0 saturated carbocycles. The molecule has 1 nitrogen and oxygen atoms in total. The minimum absolute atomic E-state index is 0.123. The largest absolute Gasteiger partial charge is 0.293 e. The van der Waals surface area contributed by atoms with Gasteiger partial charge in [0, 0.05) is 5.56 Å². The Morgan fingerprint density at radius 1 is 1.20 bits per heavy atom. The van der Waals surface area contributed by atoms with E-state index in [0.29, 0.717) is 5.92 Å². The van der Waals surface area contributed by atoms with Crippen LogP contribution in [0.15, 0.2) is 24.3 Å². The standard InChI is InChI=1S/C13H17BrO/c1-9(2)10-5-7-11(8-6-10)12(15)13(3,4)14/h5-9H,1-4H3. The first-order valence-corrected chi connectivity index (χ1v) is 5.95. The van der Waals surface area contributed by atoms with Crippen LogP contribution in [-0.2, 0) is 0 Å². The summed E-state index contributed by atoms with van der Waals surface area (Å²) in [5, 5.41) is 0. The van der Waals surface area contributed by atoms with E-state index in [2.05, 4.69) is 29.8 Å². The lowest BCUT2D eigenvalue weighted by Crippen LogP contribution is -2.23. The van der Waals surface area contributed by atoms with E-state index in [1.807, 2.05) is 38.1 Å². The molecule has 1 aromatic carbocycles. The summed E-state index contributed by atoms with van der Waals surface area (Å²) >= 11 is 3.38. The van der Waals surface area contributed by atoms with Gasteiger partial charge in [-0.25, -0.2) is 0 Å². The van der Waals surface area contributed by atoms with Crippen molar-refractivity contribution in [3.8, 4) is 0 Å². The van der Waals surface area contributed by atoms with Crippen LogP contribution in [0.4, 0.5) is 0 Å². The molecule has 0 aromatic heterocycles. The minimum Gasteiger partial charge on any atom is -0.293 e. The van der Waals surface area contributed by atoms with Crippen molar-refractivity contribution in [3.63, 3.8) is 0 Å². The van der Waals surface area contributed by atoms with Crippen LogP contribution in [0.2, 0.25) is 0 Å². The molecular weight excluding hydrogens is 252 g/mol. The van der Waals surface area contributed by atoms with Crippen molar-refractivity contribution in [2.75, 3.05) is 0 Å². The Bertz CT molecular complexity index is 344. The fourth-order valence-electron chi connectivity index (χ4n) is 1.36. The normalized spacial score (nSPS) is 11.9. The average Bonchev–Trinajstić information content (AvgIpc) is 2.15.